The van der Waals surface area contributed by atoms with Crippen LogP contribution in [0.3, 0.4) is 0 Å². The third-order valence-electron chi connectivity index (χ3n) is 2.76. The van der Waals surface area contributed by atoms with Crippen LogP contribution in [-0.2, 0) is 0 Å². The van der Waals surface area contributed by atoms with Crippen molar-refractivity contribution < 1.29 is 0 Å². The van der Waals surface area contributed by atoms with Crippen molar-refractivity contribution in [3.63, 3.8) is 0 Å². The number of hydrogen-bond donors (Lipinski definition) is 0. The number of rotatable bonds is 1. The second-order valence-electron chi connectivity index (χ2n) is 3.63. The Balaban J connectivity index is 0.000000845. The molecular weight excluding hydrogens is 180 g/mol. The standard InChI is InChI=1S/C12H15.CH3.Mg/c1-10-6-2-5-9-12(10)11-7-3-4-8-11;;/h2,5-7,9,11H,3-4,8H2,1H3;1H3;/q2*-1;+2. The van der Waals surface area contributed by atoms with Crippen molar-refractivity contribution in [2.45, 2.75) is 32.1 Å². The van der Waals surface area contributed by atoms with Gasteiger partial charge < -0.3 is 13.8 Å². The normalized spacial score (nSPS) is 19.6. The van der Waals surface area contributed by atoms with Gasteiger partial charge in [-0.05, 0) is 6.92 Å². The van der Waals surface area contributed by atoms with Crippen molar-refractivity contribution in [2.24, 2.45) is 0 Å². The second-order valence-corrected chi connectivity index (χ2v) is 3.63. The predicted octanol–water partition coefficient (Wildman–Crippen LogP) is 3.54. The number of aryl methyl sites for hydroxylation is 1. The van der Waals surface area contributed by atoms with Crippen LogP contribution in [0.15, 0.2) is 24.3 Å². The summed E-state index contributed by atoms with van der Waals surface area (Å²) < 4.78 is 0. The van der Waals surface area contributed by atoms with Crippen LogP contribution < -0.4 is 0 Å². The van der Waals surface area contributed by atoms with Crippen LogP contribution in [0.4, 0.5) is 0 Å². The summed E-state index contributed by atoms with van der Waals surface area (Å²) in [4.78, 5) is 0. The minimum absolute atomic E-state index is 0. The molecule has 0 N–H and O–H groups in total. The van der Waals surface area contributed by atoms with Gasteiger partial charge in [0.15, 0.2) is 0 Å². The molecule has 1 unspecified atom stereocenters. The van der Waals surface area contributed by atoms with Gasteiger partial charge in [0.2, 0.25) is 0 Å². The topological polar surface area (TPSA) is 0 Å². The Bertz CT molecular complexity index is 262. The molecule has 1 heteroatoms. The monoisotopic (exact) mass is 198 g/mol. The zero-order valence-corrected chi connectivity index (χ0v) is 10.7. The molecule has 0 saturated heterocycles. The summed E-state index contributed by atoms with van der Waals surface area (Å²) in [5.74, 6) is 0.742. The molecule has 0 bridgehead atoms. The summed E-state index contributed by atoms with van der Waals surface area (Å²) in [6.45, 7) is 2.21. The molecule has 1 saturated carbocycles. The van der Waals surface area contributed by atoms with E-state index in [0.29, 0.717) is 0 Å². The van der Waals surface area contributed by atoms with Crippen molar-refractivity contribution in [1.82, 2.24) is 0 Å². The molecule has 0 spiro atoms. The van der Waals surface area contributed by atoms with Gasteiger partial charge in [0.25, 0.3) is 0 Å². The molecule has 1 aliphatic rings. The summed E-state index contributed by atoms with van der Waals surface area (Å²) in [7, 11) is 0. The van der Waals surface area contributed by atoms with E-state index >= 15 is 0 Å². The maximum absolute atomic E-state index is 2.46. The first-order chi connectivity index (χ1) is 5.88. The molecule has 72 valence electrons. The van der Waals surface area contributed by atoms with Crippen LogP contribution in [-0.4, -0.2) is 23.1 Å². The second kappa shape index (κ2) is 6.47. The van der Waals surface area contributed by atoms with Crippen molar-refractivity contribution >= 4 is 23.1 Å². The van der Waals surface area contributed by atoms with Gasteiger partial charge in [-0.3, -0.25) is 0 Å². The molecule has 0 aromatic heterocycles. The smallest absolute Gasteiger partial charge is 0.358 e. The number of hydrogen-bond acceptors (Lipinski definition) is 0. The van der Waals surface area contributed by atoms with Crippen LogP contribution >= 0.6 is 0 Å². The molecule has 0 aliphatic heterocycles. The van der Waals surface area contributed by atoms with Gasteiger partial charge in [0.05, 0.1) is 0 Å². The fourth-order valence-electron chi connectivity index (χ4n) is 2.06. The van der Waals surface area contributed by atoms with E-state index in [4.69, 9.17) is 0 Å². The Morgan fingerprint density at radius 3 is 2.57 bits per heavy atom. The van der Waals surface area contributed by atoms with Crippen LogP contribution in [0.2, 0.25) is 0 Å². The molecule has 0 amide bonds. The van der Waals surface area contributed by atoms with Gasteiger partial charge in [-0.25, -0.2) is 0 Å². The van der Waals surface area contributed by atoms with Crippen LogP contribution in [0.25, 0.3) is 0 Å². The SMILES string of the molecule is Cc1ccccc1C1[CH-]CCC1.[CH3-].[Mg+2]. The van der Waals surface area contributed by atoms with Gasteiger partial charge in [-0.1, -0.05) is 48.2 Å². The Hall–Kier alpha value is -0.0138. The van der Waals surface area contributed by atoms with E-state index in [9.17, 15) is 0 Å². The third kappa shape index (κ3) is 2.99. The predicted molar refractivity (Wildman–Crippen MR) is 64.2 cm³/mol. The van der Waals surface area contributed by atoms with E-state index in [2.05, 4.69) is 37.6 Å². The number of benzene rings is 1. The summed E-state index contributed by atoms with van der Waals surface area (Å²) in [5.41, 5.74) is 2.98. The maximum Gasteiger partial charge on any atom is 2.00 e. The van der Waals surface area contributed by atoms with E-state index < -0.39 is 0 Å². The van der Waals surface area contributed by atoms with Gasteiger partial charge in [-0.2, -0.15) is 6.42 Å². The van der Waals surface area contributed by atoms with Crippen molar-refractivity contribution in [3.05, 3.63) is 49.2 Å². The summed E-state index contributed by atoms with van der Waals surface area (Å²) in [6.07, 6.45) is 6.49. The first kappa shape index (κ1) is 14.0. The maximum atomic E-state index is 2.46. The van der Waals surface area contributed by atoms with Gasteiger partial charge in [-0.15, -0.1) is 5.92 Å². The van der Waals surface area contributed by atoms with Gasteiger partial charge in [0, 0.05) is 0 Å². The molecule has 1 fully saturated rings. The van der Waals surface area contributed by atoms with E-state index in [1.165, 1.54) is 30.4 Å². The van der Waals surface area contributed by atoms with Crippen molar-refractivity contribution in [1.29, 1.82) is 0 Å². The Labute approximate surface area is 104 Å². The molecule has 0 heterocycles. The molecule has 14 heavy (non-hydrogen) atoms. The fraction of sp³-hybridized carbons (Fsp3) is 0.385. The molecule has 1 aliphatic carbocycles. The molecule has 1 atom stereocenters. The summed E-state index contributed by atoms with van der Waals surface area (Å²) in [5, 5.41) is 0. The molecular formula is C13H18Mg. The Morgan fingerprint density at radius 1 is 1.29 bits per heavy atom. The minimum atomic E-state index is 0. The zero-order valence-electron chi connectivity index (χ0n) is 9.29. The van der Waals surface area contributed by atoms with Crippen LogP contribution in [0.5, 0.6) is 0 Å². The average molecular weight is 199 g/mol. The van der Waals surface area contributed by atoms with E-state index in [0.717, 1.165) is 5.92 Å². The third-order valence-corrected chi connectivity index (χ3v) is 2.76. The first-order valence-corrected chi connectivity index (χ1v) is 4.77. The minimum Gasteiger partial charge on any atom is -0.358 e. The average Bonchev–Trinajstić information content (AvgIpc) is 2.57. The Morgan fingerprint density at radius 2 is 2.00 bits per heavy atom. The molecule has 0 nitrogen and oxygen atoms in total. The van der Waals surface area contributed by atoms with E-state index in [-0.39, 0.29) is 30.5 Å². The van der Waals surface area contributed by atoms with Crippen LogP contribution in [0.1, 0.15) is 36.3 Å². The van der Waals surface area contributed by atoms with E-state index in [1.807, 2.05) is 0 Å². The van der Waals surface area contributed by atoms with Gasteiger partial charge >= 0.3 is 23.1 Å². The molecule has 2 rings (SSSR count). The quantitative estimate of drug-likeness (QED) is 0.478. The van der Waals surface area contributed by atoms with Crippen LogP contribution in [0, 0.1) is 20.8 Å². The first-order valence-electron chi connectivity index (χ1n) is 4.77. The molecule has 0 radical (unpaired) electrons. The van der Waals surface area contributed by atoms with E-state index in [1.54, 1.807) is 0 Å². The zero-order chi connectivity index (χ0) is 8.39. The fourth-order valence-corrected chi connectivity index (χ4v) is 2.06. The Kier molecular flexibility index (Phi) is 6.46. The summed E-state index contributed by atoms with van der Waals surface area (Å²) >= 11 is 0. The molecule has 1 aromatic rings. The van der Waals surface area contributed by atoms with Crippen molar-refractivity contribution in [2.75, 3.05) is 0 Å². The molecule has 1 aromatic carbocycles. The largest absolute Gasteiger partial charge is 2.00 e. The summed E-state index contributed by atoms with van der Waals surface area (Å²) in [6, 6.07) is 8.74. The van der Waals surface area contributed by atoms with Crippen molar-refractivity contribution in [3.8, 4) is 0 Å². The van der Waals surface area contributed by atoms with Gasteiger partial charge in [0.1, 0.15) is 0 Å².